The van der Waals surface area contributed by atoms with E-state index < -0.39 is 0 Å². The van der Waals surface area contributed by atoms with E-state index in [0.29, 0.717) is 5.41 Å². The average Bonchev–Trinajstić information content (AvgIpc) is 2.88. The van der Waals surface area contributed by atoms with E-state index in [1.54, 1.807) is 0 Å². The topological polar surface area (TPSA) is 47.9 Å². The van der Waals surface area contributed by atoms with Crippen LogP contribution in [0.5, 0.6) is 0 Å². The Morgan fingerprint density at radius 3 is 2.26 bits per heavy atom. The molecule has 0 radical (unpaired) electrons. The minimum absolute atomic E-state index is 0. The fraction of sp³-hybridized carbons (Fsp3) is 0.944. The fourth-order valence-corrected chi connectivity index (χ4v) is 6.09. The summed E-state index contributed by atoms with van der Waals surface area (Å²) in [6, 6.07) is 0. The van der Waals surface area contributed by atoms with Gasteiger partial charge in [0.25, 0.3) is 0 Å². The molecular weight excluding hydrogens is 401 g/mol. The number of hydrogen-bond acceptors (Lipinski definition) is 2. The van der Waals surface area contributed by atoms with E-state index in [1.807, 2.05) is 0 Å². The third kappa shape index (κ3) is 3.65. The maximum atomic E-state index is 9.79. The first kappa shape index (κ1) is 17.8. The highest BCUT2D eigenvalue weighted by atomic mass is 127. The predicted molar refractivity (Wildman–Crippen MR) is 104 cm³/mol. The standard InChI is InChI=1S/C18H31N3O.HI/c1-2-19-17(21-4-3-16(22)11-21)20-12-18-8-13-5-14(9-18)7-15(6-13)10-18;/h13-16,22H,2-12H2,1H3,(H,19,20);1H/t13?,14?,15?,16-,18?;/m1./s1. The fourth-order valence-electron chi connectivity index (χ4n) is 6.09. The van der Waals surface area contributed by atoms with Crippen LogP contribution in [0.2, 0.25) is 0 Å². The summed E-state index contributed by atoms with van der Waals surface area (Å²) >= 11 is 0. The van der Waals surface area contributed by atoms with Gasteiger partial charge in [-0.05, 0) is 75.0 Å². The van der Waals surface area contributed by atoms with E-state index in [2.05, 4.69) is 17.1 Å². The molecule has 0 aromatic carbocycles. The first-order valence-corrected chi connectivity index (χ1v) is 9.37. The summed E-state index contributed by atoms with van der Waals surface area (Å²) in [4.78, 5) is 7.28. The number of aliphatic hydroxyl groups excluding tert-OH is 1. The first-order chi connectivity index (χ1) is 10.7. The second kappa shape index (κ2) is 7.06. The highest BCUT2D eigenvalue weighted by Gasteiger charge is 2.50. The smallest absolute Gasteiger partial charge is 0.194 e. The molecule has 23 heavy (non-hydrogen) atoms. The largest absolute Gasteiger partial charge is 0.391 e. The van der Waals surface area contributed by atoms with Crippen LogP contribution < -0.4 is 5.32 Å². The van der Waals surface area contributed by atoms with Crippen LogP contribution in [0.1, 0.15) is 51.9 Å². The van der Waals surface area contributed by atoms with Gasteiger partial charge in [0, 0.05) is 26.2 Å². The van der Waals surface area contributed by atoms with Gasteiger partial charge < -0.3 is 15.3 Å². The van der Waals surface area contributed by atoms with Crippen molar-refractivity contribution in [3.63, 3.8) is 0 Å². The summed E-state index contributed by atoms with van der Waals surface area (Å²) < 4.78 is 0. The first-order valence-electron chi connectivity index (χ1n) is 9.37. The Kier molecular flexibility index (Phi) is 5.46. The quantitative estimate of drug-likeness (QED) is 0.409. The van der Waals surface area contributed by atoms with Gasteiger partial charge in [-0.2, -0.15) is 0 Å². The lowest BCUT2D eigenvalue weighted by molar-refractivity contribution is -0.0466. The molecule has 0 amide bonds. The molecule has 5 rings (SSSR count). The van der Waals surface area contributed by atoms with Crippen molar-refractivity contribution in [1.29, 1.82) is 0 Å². The Hall–Kier alpha value is -0.0400. The van der Waals surface area contributed by atoms with Gasteiger partial charge in [-0.25, -0.2) is 0 Å². The third-order valence-electron chi connectivity index (χ3n) is 6.53. The number of halogens is 1. The van der Waals surface area contributed by atoms with E-state index in [9.17, 15) is 5.11 Å². The molecule has 1 aliphatic heterocycles. The van der Waals surface area contributed by atoms with Gasteiger partial charge in [-0.15, -0.1) is 24.0 Å². The molecule has 1 atom stereocenters. The summed E-state index contributed by atoms with van der Waals surface area (Å²) in [5, 5.41) is 13.2. The van der Waals surface area contributed by atoms with E-state index in [-0.39, 0.29) is 30.1 Å². The molecule has 1 heterocycles. The zero-order valence-electron chi connectivity index (χ0n) is 14.3. The van der Waals surface area contributed by atoms with Crippen molar-refractivity contribution in [2.24, 2.45) is 28.2 Å². The van der Waals surface area contributed by atoms with Gasteiger partial charge in [-0.3, -0.25) is 4.99 Å². The number of hydrogen-bond donors (Lipinski definition) is 2. The lowest BCUT2D eigenvalue weighted by atomic mass is 9.49. The SMILES string of the molecule is CCNC(=NCC12CC3CC(CC(C3)C1)C2)N1CC[C@@H](O)C1.I. The third-order valence-corrected chi connectivity index (χ3v) is 6.53. The highest BCUT2D eigenvalue weighted by molar-refractivity contribution is 14.0. The minimum atomic E-state index is -0.177. The summed E-state index contributed by atoms with van der Waals surface area (Å²) in [6.45, 7) is 5.73. The average molecular weight is 433 g/mol. The van der Waals surface area contributed by atoms with Crippen LogP contribution in [-0.2, 0) is 0 Å². The van der Waals surface area contributed by atoms with E-state index in [1.165, 1.54) is 38.5 Å². The zero-order valence-corrected chi connectivity index (χ0v) is 16.7. The second-order valence-corrected chi connectivity index (χ2v) is 8.48. The normalized spacial score (nSPS) is 42.0. The highest BCUT2D eigenvalue weighted by Crippen LogP contribution is 2.60. The van der Waals surface area contributed by atoms with Crippen LogP contribution in [0.4, 0.5) is 0 Å². The monoisotopic (exact) mass is 433 g/mol. The predicted octanol–water partition coefficient (Wildman–Crippen LogP) is 2.85. The van der Waals surface area contributed by atoms with Crippen molar-refractivity contribution in [3.8, 4) is 0 Å². The van der Waals surface area contributed by atoms with E-state index in [0.717, 1.165) is 56.3 Å². The molecule has 4 nitrogen and oxygen atoms in total. The van der Waals surface area contributed by atoms with E-state index >= 15 is 0 Å². The summed E-state index contributed by atoms with van der Waals surface area (Å²) in [7, 11) is 0. The van der Waals surface area contributed by atoms with E-state index in [4.69, 9.17) is 4.99 Å². The molecule has 5 fully saturated rings. The Balaban J connectivity index is 0.00000156. The van der Waals surface area contributed by atoms with Crippen molar-refractivity contribution in [1.82, 2.24) is 10.2 Å². The molecule has 2 N–H and O–H groups in total. The molecule has 0 unspecified atom stereocenters. The Labute approximate surface area is 157 Å². The summed E-state index contributed by atoms with van der Waals surface area (Å²) in [5.74, 6) is 4.03. The lowest BCUT2D eigenvalue weighted by Gasteiger charge is -2.56. The molecular formula is C18H32IN3O. The van der Waals surface area contributed by atoms with Gasteiger partial charge in [0.05, 0.1) is 6.10 Å². The minimum Gasteiger partial charge on any atom is -0.391 e. The van der Waals surface area contributed by atoms with Crippen LogP contribution in [0.3, 0.4) is 0 Å². The van der Waals surface area contributed by atoms with Crippen LogP contribution >= 0.6 is 24.0 Å². The number of nitrogens with zero attached hydrogens (tertiary/aromatic N) is 2. The maximum absolute atomic E-state index is 9.79. The molecule has 4 aliphatic carbocycles. The number of likely N-dealkylation sites (tertiary alicyclic amines) is 1. The molecule has 5 heteroatoms. The van der Waals surface area contributed by atoms with Crippen LogP contribution in [-0.4, -0.2) is 48.2 Å². The van der Waals surface area contributed by atoms with Crippen LogP contribution in [0.15, 0.2) is 4.99 Å². The van der Waals surface area contributed by atoms with Crippen molar-refractivity contribution in [3.05, 3.63) is 0 Å². The Bertz CT molecular complexity index is 418. The second-order valence-electron chi connectivity index (χ2n) is 8.48. The zero-order chi connectivity index (χ0) is 15.2. The van der Waals surface area contributed by atoms with Gasteiger partial charge in [0.15, 0.2) is 5.96 Å². The summed E-state index contributed by atoms with van der Waals surface area (Å²) in [6.07, 6.45) is 9.47. The molecule has 132 valence electrons. The number of aliphatic hydroxyl groups is 1. The lowest BCUT2D eigenvalue weighted by Crippen LogP contribution is -2.48. The van der Waals surface area contributed by atoms with Gasteiger partial charge >= 0.3 is 0 Å². The van der Waals surface area contributed by atoms with Crippen LogP contribution in [0.25, 0.3) is 0 Å². The van der Waals surface area contributed by atoms with Gasteiger partial charge in [-0.1, -0.05) is 0 Å². The van der Waals surface area contributed by atoms with Crippen LogP contribution in [0, 0.1) is 23.2 Å². The number of nitrogens with one attached hydrogen (secondary N) is 1. The molecule has 5 aliphatic rings. The van der Waals surface area contributed by atoms with Crippen molar-refractivity contribution in [2.75, 3.05) is 26.2 Å². The van der Waals surface area contributed by atoms with Gasteiger partial charge in [0.1, 0.15) is 0 Å². The maximum Gasteiger partial charge on any atom is 0.194 e. The van der Waals surface area contributed by atoms with Crippen molar-refractivity contribution < 1.29 is 5.11 Å². The Morgan fingerprint density at radius 1 is 1.17 bits per heavy atom. The number of guanidine groups is 1. The molecule has 0 aromatic rings. The van der Waals surface area contributed by atoms with Crippen molar-refractivity contribution in [2.45, 2.75) is 58.0 Å². The molecule has 4 saturated carbocycles. The number of aliphatic imine (C=N–C) groups is 1. The molecule has 1 saturated heterocycles. The van der Waals surface area contributed by atoms with Crippen molar-refractivity contribution >= 4 is 29.9 Å². The molecule has 0 spiro atoms. The molecule has 4 bridgehead atoms. The number of β-amino-alcohol motifs (C(OH)–C–C–N with tert-alkyl or cyclic N) is 1. The summed E-state index contributed by atoms with van der Waals surface area (Å²) in [5.41, 5.74) is 0.508. The van der Waals surface area contributed by atoms with Gasteiger partial charge in [0.2, 0.25) is 0 Å². The Morgan fingerprint density at radius 2 is 1.78 bits per heavy atom. The molecule has 0 aromatic heterocycles. The number of rotatable bonds is 3.